The smallest absolute Gasteiger partial charge is 0.326 e. The molecule has 0 aliphatic carbocycles. The van der Waals surface area contributed by atoms with Gasteiger partial charge in [0, 0.05) is 12.0 Å². The third-order valence-electron chi connectivity index (χ3n) is 2.31. The molecule has 1 aromatic rings. The van der Waals surface area contributed by atoms with Crippen molar-refractivity contribution in [2.24, 2.45) is 0 Å². The van der Waals surface area contributed by atoms with Gasteiger partial charge in [-0.1, -0.05) is 22.5 Å². The Morgan fingerprint density at radius 1 is 1.42 bits per heavy atom. The van der Waals surface area contributed by atoms with Crippen LogP contribution >= 0.6 is 15.9 Å². The Morgan fingerprint density at radius 3 is 2.42 bits per heavy atom. The molecule has 0 saturated carbocycles. The van der Waals surface area contributed by atoms with Gasteiger partial charge in [0.05, 0.1) is 11.6 Å². The zero-order valence-corrected chi connectivity index (χ0v) is 11.5. The van der Waals surface area contributed by atoms with Gasteiger partial charge in [0.15, 0.2) is 0 Å². The van der Waals surface area contributed by atoms with E-state index in [0.29, 0.717) is 15.6 Å². The predicted octanol–water partition coefficient (Wildman–Crippen LogP) is 2.04. The summed E-state index contributed by atoms with van der Waals surface area (Å²) in [6.45, 7) is 3.55. The maximum Gasteiger partial charge on any atom is 0.326 e. The van der Waals surface area contributed by atoms with E-state index in [0.717, 1.165) is 0 Å². The molecule has 6 heteroatoms. The van der Waals surface area contributed by atoms with Crippen molar-refractivity contribution in [2.75, 3.05) is 0 Å². The lowest BCUT2D eigenvalue weighted by Crippen LogP contribution is -2.40. The lowest BCUT2D eigenvalue weighted by atomic mass is 10.1. The molecule has 2 N–H and O–H groups in total. The third kappa shape index (κ3) is 4.56. The zero-order valence-electron chi connectivity index (χ0n) is 9.89. The van der Waals surface area contributed by atoms with Crippen LogP contribution in [0, 0.1) is 11.3 Å². The summed E-state index contributed by atoms with van der Waals surface area (Å²) in [6, 6.07) is 6.81. The van der Waals surface area contributed by atoms with E-state index in [9.17, 15) is 9.59 Å². The number of halogens is 1. The Kier molecular flexibility index (Phi) is 5.27. The first kappa shape index (κ1) is 14.9. The van der Waals surface area contributed by atoms with E-state index in [1.807, 2.05) is 6.07 Å². The molecular weight excluding hydrogens is 312 g/mol. The number of nitrogens with zero attached hydrogens (tertiary/aromatic N) is 1. The average molecular weight is 323 g/mol. The topological polar surface area (TPSA) is 90.2 Å². The minimum atomic E-state index is -1.14. The van der Waals surface area contributed by atoms with E-state index in [4.69, 9.17) is 10.4 Å². The van der Waals surface area contributed by atoms with E-state index in [2.05, 4.69) is 27.8 Å². The summed E-state index contributed by atoms with van der Waals surface area (Å²) in [7, 11) is 0. The minimum Gasteiger partial charge on any atom is -0.480 e. The van der Waals surface area contributed by atoms with Crippen LogP contribution in [-0.2, 0) is 4.79 Å². The fourth-order valence-electron chi connectivity index (χ4n) is 1.36. The number of carbonyl (C=O) groups is 2. The molecule has 0 aliphatic rings. The van der Waals surface area contributed by atoms with Crippen molar-refractivity contribution in [3.63, 3.8) is 0 Å². The molecule has 0 radical (unpaired) electrons. The van der Waals surface area contributed by atoms with Crippen LogP contribution in [0.25, 0.3) is 0 Å². The number of carbonyl (C=O) groups excluding carboxylic acids is 1. The van der Waals surface area contributed by atoms with Gasteiger partial charge < -0.3 is 10.4 Å². The fourth-order valence-corrected chi connectivity index (χ4v) is 1.68. The predicted molar refractivity (Wildman–Crippen MR) is 72.7 cm³/mol. The van der Waals surface area contributed by atoms with Crippen LogP contribution in [-0.4, -0.2) is 23.0 Å². The highest BCUT2D eigenvalue weighted by atomic mass is 79.9. The molecule has 1 amide bonds. The van der Waals surface area contributed by atoms with Crippen LogP contribution in [0.1, 0.15) is 22.3 Å². The Labute approximate surface area is 118 Å². The Hall–Kier alpha value is -2.13. The van der Waals surface area contributed by atoms with Gasteiger partial charge in [-0.2, -0.15) is 5.26 Å². The fraction of sp³-hybridized carbons (Fsp3) is 0.154. The molecule has 0 unspecified atom stereocenters. The molecule has 1 aromatic carbocycles. The molecule has 0 fully saturated rings. The first-order valence-electron chi connectivity index (χ1n) is 5.31. The van der Waals surface area contributed by atoms with Crippen molar-refractivity contribution in [1.29, 1.82) is 5.26 Å². The van der Waals surface area contributed by atoms with E-state index in [-0.39, 0.29) is 6.42 Å². The van der Waals surface area contributed by atoms with E-state index in [1.54, 1.807) is 0 Å². The second-order valence-electron chi connectivity index (χ2n) is 3.77. The van der Waals surface area contributed by atoms with Crippen molar-refractivity contribution in [3.05, 3.63) is 46.5 Å². The number of hydrogen-bond acceptors (Lipinski definition) is 3. The minimum absolute atomic E-state index is 0.0946. The van der Waals surface area contributed by atoms with Crippen molar-refractivity contribution in [1.82, 2.24) is 5.32 Å². The SMILES string of the molecule is C=C(Br)C[C@@H](NC(=O)c1ccc(C#N)cc1)C(=O)O. The van der Waals surface area contributed by atoms with Gasteiger partial charge in [0.2, 0.25) is 0 Å². The van der Waals surface area contributed by atoms with Crippen molar-refractivity contribution in [3.8, 4) is 6.07 Å². The highest BCUT2D eigenvalue weighted by molar-refractivity contribution is 9.11. The van der Waals surface area contributed by atoms with Gasteiger partial charge >= 0.3 is 5.97 Å². The second kappa shape index (κ2) is 6.71. The van der Waals surface area contributed by atoms with Crippen molar-refractivity contribution < 1.29 is 14.7 Å². The quantitative estimate of drug-likeness (QED) is 0.867. The number of amides is 1. The Balaban J connectivity index is 2.78. The second-order valence-corrected chi connectivity index (χ2v) is 4.90. The summed E-state index contributed by atoms with van der Waals surface area (Å²) in [6.07, 6.45) is 0.0946. The molecule has 0 bridgehead atoms. The van der Waals surface area contributed by atoms with E-state index >= 15 is 0 Å². The summed E-state index contributed by atoms with van der Waals surface area (Å²) in [5.74, 6) is -1.65. The summed E-state index contributed by atoms with van der Waals surface area (Å²) >= 11 is 3.06. The molecule has 1 rings (SSSR count). The highest BCUT2D eigenvalue weighted by Crippen LogP contribution is 2.11. The summed E-state index contributed by atoms with van der Waals surface area (Å²) in [4.78, 5) is 22.8. The molecule has 0 aromatic heterocycles. The Morgan fingerprint density at radius 2 is 2.00 bits per heavy atom. The summed E-state index contributed by atoms with van der Waals surface area (Å²) in [5, 5.41) is 20.0. The normalized spacial score (nSPS) is 11.2. The first-order valence-corrected chi connectivity index (χ1v) is 6.10. The third-order valence-corrected chi connectivity index (χ3v) is 2.63. The number of nitriles is 1. The van der Waals surface area contributed by atoms with Crippen molar-refractivity contribution >= 4 is 27.8 Å². The molecule has 0 spiro atoms. The molecule has 1 atom stereocenters. The van der Waals surface area contributed by atoms with Crippen LogP contribution in [0.2, 0.25) is 0 Å². The molecule has 19 heavy (non-hydrogen) atoms. The van der Waals surface area contributed by atoms with Crippen LogP contribution in [0.3, 0.4) is 0 Å². The molecule has 0 heterocycles. The number of benzene rings is 1. The van der Waals surface area contributed by atoms with E-state index < -0.39 is 17.9 Å². The van der Waals surface area contributed by atoms with Gasteiger partial charge in [0.1, 0.15) is 6.04 Å². The lowest BCUT2D eigenvalue weighted by molar-refractivity contribution is -0.139. The van der Waals surface area contributed by atoms with Gasteiger partial charge in [-0.3, -0.25) is 4.79 Å². The molecule has 98 valence electrons. The maximum atomic E-state index is 11.8. The van der Waals surface area contributed by atoms with Gasteiger partial charge in [0.25, 0.3) is 5.91 Å². The van der Waals surface area contributed by atoms with E-state index in [1.165, 1.54) is 24.3 Å². The van der Waals surface area contributed by atoms with Crippen LogP contribution in [0.15, 0.2) is 35.3 Å². The Bertz CT molecular complexity index is 546. The first-order chi connectivity index (χ1) is 8.93. The standard InChI is InChI=1S/C13H11BrN2O3/c1-8(14)6-11(13(18)19)16-12(17)10-4-2-9(7-15)3-5-10/h2-5,11H,1,6H2,(H,16,17)(H,18,19)/t11-/m1/s1. The van der Waals surface area contributed by atoms with Crippen LogP contribution in [0.5, 0.6) is 0 Å². The zero-order chi connectivity index (χ0) is 14.4. The summed E-state index contributed by atoms with van der Waals surface area (Å²) < 4.78 is 0.486. The number of hydrogen-bond donors (Lipinski definition) is 2. The summed E-state index contributed by atoms with van der Waals surface area (Å²) in [5.41, 5.74) is 0.727. The number of carboxylic acid groups (broad SMARTS) is 1. The van der Waals surface area contributed by atoms with Gasteiger partial charge in [-0.25, -0.2) is 4.79 Å². The van der Waals surface area contributed by atoms with Crippen LogP contribution in [0.4, 0.5) is 0 Å². The number of carboxylic acids is 1. The molecule has 0 aliphatic heterocycles. The molecular formula is C13H11BrN2O3. The lowest BCUT2D eigenvalue weighted by Gasteiger charge is -2.13. The highest BCUT2D eigenvalue weighted by Gasteiger charge is 2.20. The van der Waals surface area contributed by atoms with Crippen LogP contribution < -0.4 is 5.32 Å². The largest absolute Gasteiger partial charge is 0.480 e. The monoisotopic (exact) mass is 322 g/mol. The maximum absolute atomic E-state index is 11.8. The molecule has 5 nitrogen and oxygen atoms in total. The molecule has 0 saturated heterocycles. The average Bonchev–Trinajstić information content (AvgIpc) is 2.37. The van der Waals surface area contributed by atoms with Gasteiger partial charge in [-0.05, 0) is 28.7 Å². The van der Waals surface area contributed by atoms with Crippen molar-refractivity contribution in [2.45, 2.75) is 12.5 Å². The number of nitrogens with one attached hydrogen (secondary N) is 1. The number of aliphatic carboxylic acids is 1. The van der Waals surface area contributed by atoms with Gasteiger partial charge in [-0.15, -0.1) is 0 Å². The number of rotatable bonds is 5.